The number of hydrogen-bond acceptors (Lipinski definition) is 1. The van der Waals surface area contributed by atoms with Crippen molar-refractivity contribution >= 4 is 27.8 Å². The summed E-state index contributed by atoms with van der Waals surface area (Å²) in [6, 6.07) is -51.6. The van der Waals surface area contributed by atoms with Crippen molar-refractivity contribution in [2.24, 2.45) is 0 Å². The minimum absolute atomic E-state index is 0.151. The Morgan fingerprint density at radius 2 is 0.667 bits per heavy atom. The van der Waals surface area contributed by atoms with Crippen LogP contribution in [0.2, 0.25) is 0 Å². The molecule has 0 amide bonds. The van der Waals surface area contributed by atoms with Gasteiger partial charge in [0.1, 0.15) is 0 Å². The Morgan fingerprint density at radius 1 is 0.273 bits per heavy atom. The van der Waals surface area contributed by atoms with Crippen molar-refractivity contribution < 1.29 is 58.9 Å². The number of rotatable bonds is 7. The first-order valence-corrected chi connectivity index (χ1v) is 19.4. The monoisotopic (exact) mass is 881 g/mol. The summed E-state index contributed by atoms with van der Waals surface area (Å²) in [5, 5.41) is -1.85. The highest BCUT2D eigenvalue weighted by molar-refractivity contribution is 6.04. The van der Waals surface area contributed by atoms with Gasteiger partial charge in [-0.3, -0.25) is 0 Å². The molecule has 11 aromatic carbocycles. The van der Waals surface area contributed by atoms with E-state index in [0.29, 0.717) is 0 Å². The molecule has 13 rings (SSSR count). The molecule has 0 fully saturated rings. The molecule has 1 nitrogen and oxygen atoms in total. The Balaban J connectivity index is 1.25. The van der Waals surface area contributed by atoms with E-state index in [0.717, 1.165) is 0 Å². The Hall–Kier alpha value is -8.52. The second-order valence-corrected chi connectivity index (χ2v) is 14.3. The van der Waals surface area contributed by atoms with Crippen LogP contribution in [0.15, 0.2) is 260 Å². The van der Waals surface area contributed by atoms with Crippen LogP contribution in [0.1, 0.15) is 81.2 Å². The third kappa shape index (κ3) is 5.87. The third-order valence-electron chi connectivity index (χ3n) is 10.9. The molecule has 308 valence electrons. The maximum absolute atomic E-state index is 10.8. The molecule has 0 saturated heterocycles. The van der Waals surface area contributed by atoms with Crippen molar-refractivity contribution in [1.82, 2.24) is 0 Å². The normalized spacial score (nSPS) is 21.8. The van der Waals surface area contributed by atoms with E-state index in [-0.39, 0.29) is 4.90 Å². The van der Waals surface area contributed by atoms with Crippen LogP contribution in [-0.4, -0.2) is 0 Å². The van der Waals surface area contributed by atoms with Gasteiger partial charge in [0.2, 0.25) is 0 Å². The largest absolute Gasteiger partial charge is 0.310 e. The zero-order valence-electron chi connectivity index (χ0n) is 75.9. The number of benzene rings is 11. The van der Waals surface area contributed by atoms with Gasteiger partial charge in [0.15, 0.2) is 0 Å². The molecule has 0 aliphatic heterocycles. The highest BCUT2D eigenvalue weighted by atomic mass is 15.1. The van der Waals surface area contributed by atoms with Gasteiger partial charge < -0.3 is 4.90 Å². The summed E-state index contributed by atoms with van der Waals surface area (Å²) in [5.74, 6) is 0. The summed E-state index contributed by atoms with van der Waals surface area (Å²) in [4.78, 5) is 0.151. The number of hydrogen-bond donors (Lipinski definition) is 0. The molecule has 11 aromatic rings. The first kappa shape index (κ1) is 14.5. The third-order valence-corrected chi connectivity index (χ3v) is 10.9. The van der Waals surface area contributed by atoms with Gasteiger partial charge in [-0.1, -0.05) is 224 Å². The van der Waals surface area contributed by atoms with E-state index in [1.54, 1.807) is 0 Å². The fraction of sp³-hybridized carbons (Fsp3) is 0.0154. The molecule has 0 unspecified atom stereocenters. The number of fused-ring (bicyclic) bond motifs is 11. The molecular weight excluding hydrogens is 795 g/mol. The van der Waals surface area contributed by atoms with Crippen LogP contribution in [0.25, 0.3) is 77.5 Å². The standard InChI is InChI=1S/C65H43N/c1-3-15-44(16-4-1)46-27-29-50(30-28-46)64-54-20-8-7-19-48(54)35-41-55(64)49-33-38-52(39-34-49)66(51-36-31-47(32-37-51)45-17-5-2-6-18-45)53-40-42-59-58-23-11-14-26-62(58)65(63(59)43-53)60-24-12-9-21-56(60)57-22-10-13-25-61(57)65/h1-43H/i1D,2D,3D,4D,5D,6D,7D,8D,9D,10D,11D,12D,13D,14D,15D,16D,17D,18D,19D,20D,21D,22D,23D,24D,25D,26D,27D,28D,29D,30D,31D,32D,33D,34D,35D,36D,37D,38D,39D,40D,41D,42D,43D. The highest BCUT2D eigenvalue weighted by Crippen LogP contribution is 2.63. The van der Waals surface area contributed by atoms with Crippen molar-refractivity contribution in [1.29, 1.82) is 0 Å². The van der Waals surface area contributed by atoms with Gasteiger partial charge in [-0.2, -0.15) is 0 Å². The van der Waals surface area contributed by atoms with E-state index in [1.807, 2.05) is 0 Å². The molecule has 0 saturated carbocycles. The van der Waals surface area contributed by atoms with Gasteiger partial charge >= 0.3 is 0 Å². The molecule has 0 N–H and O–H groups in total. The van der Waals surface area contributed by atoms with E-state index in [2.05, 4.69) is 0 Å². The van der Waals surface area contributed by atoms with Crippen LogP contribution in [0, 0.1) is 0 Å². The average Bonchev–Trinajstić information content (AvgIpc) is 1.47. The van der Waals surface area contributed by atoms with Crippen molar-refractivity contribution in [2.75, 3.05) is 4.90 Å². The Bertz CT molecular complexity index is 5970. The first-order chi connectivity index (χ1) is 50.6. The molecule has 1 heteroatoms. The summed E-state index contributed by atoms with van der Waals surface area (Å²) in [6.07, 6.45) is 0. The number of anilines is 3. The zero-order chi connectivity index (χ0) is 81.0. The maximum Gasteiger partial charge on any atom is 0.0726 e. The van der Waals surface area contributed by atoms with Crippen molar-refractivity contribution in [2.45, 2.75) is 5.41 Å². The van der Waals surface area contributed by atoms with Crippen LogP contribution in [0.5, 0.6) is 0 Å². The second kappa shape index (κ2) is 15.3. The summed E-state index contributed by atoms with van der Waals surface area (Å²) in [6.45, 7) is 0. The van der Waals surface area contributed by atoms with Crippen LogP contribution < -0.4 is 4.90 Å². The predicted octanol–water partition coefficient (Wildman–Crippen LogP) is 17.3. The minimum Gasteiger partial charge on any atom is -0.310 e. The molecule has 0 radical (unpaired) electrons. The lowest BCUT2D eigenvalue weighted by atomic mass is 9.70. The van der Waals surface area contributed by atoms with E-state index >= 15 is 0 Å². The average molecular weight is 881 g/mol. The van der Waals surface area contributed by atoms with E-state index in [4.69, 9.17) is 26.0 Å². The fourth-order valence-electron chi connectivity index (χ4n) is 8.15. The lowest BCUT2D eigenvalue weighted by Gasteiger charge is -2.32. The quantitative estimate of drug-likeness (QED) is 0.154. The molecular formula is C65H43N. The molecule has 0 heterocycles. The summed E-state index contributed by atoms with van der Waals surface area (Å²) < 4.78 is 401. The Labute approximate surface area is 446 Å². The second-order valence-electron chi connectivity index (χ2n) is 14.3. The fourth-order valence-corrected chi connectivity index (χ4v) is 8.15. The lowest BCUT2D eigenvalue weighted by molar-refractivity contribution is 0.793. The maximum atomic E-state index is 10.8. The van der Waals surface area contributed by atoms with Gasteiger partial charge in [-0.05, 0) is 136 Å². The molecule has 0 atom stereocenters. The lowest BCUT2D eigenvalue weighted by Crippen LogP contribution is -2.26. The van der Waals surface area contributed by atoms with Gasteiger partial charge in [0, 0.05) is 17.1 Å². The predicted molar refractivity (Wildman–Crippen MR) is 277 cm³/mol. The molecule has 66 heavy (non-hydrogen) atoms. The smallest absolute Gasteiger partial charge is 0.0726 e. The van der Waals surface area contributed by atoms with Crippen molar-refractivity contribution in [3.8, 4) is 66.8 Å². The molecule has 0 aromatic heterocycles. The van der Waals surface area contributed by atoms with Crippen LogP contribution >= 0.6 is 0 Å². The zero-order valence-corrected chi connectivity index (χ0v) is 32.9. The van der Waals surface area contributed by atoms with Crippen LogP contribution in [-0.2, 0) is 5.41 Å². The summed E-state index contributed by atoms with van der Waals surface area (Å²) in [5.41, 5.74) is -22.9. The highest BCUT2D eigenvalue weighted by Gasteiger charge is 2.51. The molecule has 1 spiro atoms. The SMILES string of the molecule is [2H]c1c([2H])c([2H])c(-c2c([2H])c([2H])c(-c3c(-c4c([2H])c([2H])c(N(c5c([2H])c([2H])c(-c6c([2H])c([2H])c([2H])c([2H])c6[2H])c([2H])c5[2H])c5c([2H])c([2H])c6c(c5[2H])C5(c7c([2H])c([2H])c([2H])c([2H])c7-c7c([2H])c([2H])c([2H])c([2H])c75)c5c([2H])c([2H])c([2H])c([2H])c5-6)c([2H])c4[2H])c([2H])c([2H])c4c([2H])c([2H])c([2H])c([2H])c34)c([2H])c2[2H])c([2H])c1[2H]. The van der Waals surface area contributed by atoms with Crippen molar-refractivity contribution in [3.63, 3.8) is 0 Å². The van der Waals surface area contributed by atoms with Gasteiger partial charge in [-0.25, -0.2) is 0 Å². The number of nitrogens with zero attached hydrogens (tertiary/aromatic N) is 1. The van der Waals surface area contributed by atoms with E-state index < -0.39 is 382 Å². The Kier molecular flexibility index (Phi) is 3.37. The topological polar surface area (TPSA) is 3.24 Å². The minimum atomic E-state index is -3.18. The van der Waals surface area contributed by atoms with Gasteiger partial charge in [-0.15, -0.1) is 0 Å². The molecule has 0 bridgehead atoms. The van der Waals surface area contributed by atoms with Crippen LogP contribution in [0.4, 0.5) is 17.1 Å². The van der Waals surface area contributed by atoms with Crippen molar-refractivity contribution in [3.05, 3.63) is 282 Å². The van der Waals surface area contributed by atoms with Crippen LogP contribution in [0.3, 0.4) is 0 Å². The van der Waals surface area contributed by atoms with Gasteiger partial charge in [0.25, 0.3) is 0 Å². The van der Waals surface area contributed by atoms with E-state index in [1.165, 1.54) is 0 Å². The first-order valence-electron chi connectivity index (χ1n) is 40.9. The molecule has 2 aliphatic carbocycles. The summed E-state index contributed by atoms with van der Waals surface area (Å²) in [7, 11) is 0. The van der Waals surface area contributed by atoms with Gasteiger partial charge in [0.05, 0.1) is 64.4 Å². The Morgan fingerprint density at radius 3 is 1.23 bits per heavy atom. The molecule has 2 aliphatic rings. The summed E-state index contributed by atoms with van der Waals surface area (Å²) >= 11 is 0. The van der Waals surface area contributed by atoms with E-state index in [9.17, 15) is 32.9 Å².